The summed E-state index contributed by atoms with van der Waals surface area (Å²) in [5, 5.41) is 9.51. The van der Waals surface area contributed by atoms with Crippen molar-refractivity contribution in [2.45, 2.75) is 39.7 Å². The van der Waals surface area contributed by atoms with Gasteiger partial charge in [0.1, 0.15) is 17.5 Å². The summed E-state index contributed by atoms with van der Waals surface area (Å²) in [7, 11) is 0. The van der Waals surface area contributed by atoms with Gasteiger partial charge >= 0.3 is 0 Å². The zero-order valence-corrected chi connectivity index (χ0v) is 11.7. The molecular weight excluding hydrogens is 242 g/mol. The van der Waals surface area contributed by atoms with Gasteiger partial charge in [0, 0.05) is 31.1 Å². The van der Waals surface area contributed by atoms with Crippen molar-refractivity contribution >= 4 is 17.5 Å². The Labute approximate surface area is 113 Å². The monoisotopic (exact) mass is 263 g/mol. The molecule has 1 aromatic rings. The molecule has 2 rings (SSSR count). The van der Waals surface area contributed by atoms with Crippen molar-refractivity contribution in [2.75, 3.05) is 23.7 Å². The van der Waals surface area contributed by atoms with Crippen LogP contribution in [0.15, 0.2) is 0 Å². The van der Waals surface area contributed by atoms with Crippen LogP contribution < -0.4 is 16.0 Å². The van der Waals surface area contributed by atoms with E-state index in [1.165, 1.54) is 0 Å². The quantitative estimate of drug-likeness (QED) is 0.761. The summed E-state index contributed by atoms with van der Waals surface area (Å²) in [5.41, 5.74) is 1.02. The molecule has 1 aliphatic heterocycles. The van der Waals surface area contributed by atoms with E-state index in [9.17, 15) is 4.79 Å². The Balaban J connectivity index is 2.13. The van der Waals surface area contributed by atoms with Gasteiger partial charge in [-0.2, -0.15) is 0 Å². The number of anilines is 2. The Bertz CT molecular complexity index is 464. The first-order valence-corrected chi connectivity index (χ1v) is 6.72. The van der Waals surface area contributed by atoms with E-state index in [0.29, 0.717) is 13.0 Å². The maximum atomic E-state index is 11.1. The average Bonchev–Trinajstić information content (AvgIpc) is 2.38. The van der Waals surface area contributed by atoms with E-state index in [1.807, 2.05) is 20.8 Å². The molecule has 1 atom stereocenters. The zero-order chi connectivity index (χ0) is 13.8. The fraction of sp³-hybridized carbons (Fsp3) is 0.615. The topological polar surface area (TPSA) is 78.9 Å². The van der Waals surface area contributed by atoms with Gasteiger partial charge in [-0.3, -0.25) is 4.79 Å². The first-order chi connectivity index (χ1) is 9.10. The largest absolute Gasteiger partial charge is 0.370 e. The summed E-state index contributed by atoms with van der Waals surface area (Å²) in [6, 6.07) is 0.236. The number of rotatable bonds is 4. The van der Waals surface area contributed by atoms with Crippen LogP contribution in [0.25, 0.3) is 0 Å². The molecule has 3 N–H and O–H groups in total. The summed E-state index contributed by atoms with van der Waals surface area (Å²) in [4.78, 5) is 20.0. The fourth-order valence-electron chi connectivity index (χ4n) is 2.16. The van der Waals surface area contributed by atoms with Crippen LogP contribution in [0, 0.1) is 13.8 Å². The van der Waals surface area contributed by atoms with E-state index >= 15 is 0 Å². The third-order valence-electron chi connectivity index (χ3n) is 3.21. The van der Waals surface area contributed by atoms with Crippen molar-refractivity contribution in [1.29, 1.82) is 0 Å². The number of amides is 1. The molecule has 2 heterocycles. The highest BCUT2D eigenvalue weighted by molar-refractivity contribution is 5.77. The van der Waals surface area contributed by atoms with Crippen molar-refractivity contribution in [3.63, 3.8) is 0 Å². The van der Waals surface area contributed by atoms with Crippen LogP contribution in [0.3, 0.4) is 0 Å². The molecule has 6 heteroatoms. The third kappa shape index (κ3) is 3.33. The Kier molecular flexibility index (Phi) is 4.19. The van der Waals surface area contributed by atoms with Crippen LogP contribution >= 0.6 is 0 Å². The van der Waals surface area contributed by atoms with E-state index in [0.717, 1.165) is 36.0 Å². The van der Waals surface area contributed by atoms with E-state index in [-0.39, 0.29) is 11.9 Å². The molecule has 104 valence electrons. The standard InChI is InChI=1S/C13H21N5O/c1-4-14-12-8(2)13(17-9(3)16-12)18-10-5-6-11(19)15-7-10/h10H,4-7H2,1-3H3,(H,15,19)(H2,14,16,17,18). The highest BCUT2D eigenvalue weighted by atomic mass is 16.1. The summed E-state index contributed by atoms with van der Waals surface area (Å²) in [6.07, 6.45) is 1.41. The van der Waals surface area contributed by atoms with E-state index in [2.05, 4.69) is 25.9 Å². The minimum Gasteiger partial charge on any atom is -0.370 e. The lowest BCUT2D eigenvalue weighted by molar-refractivity contribution is -0.122. The van der Waals surface area contributed by atoms with Gasteiger partial charge in [0.2, 0.25) is 5.91 Å². The van der Waals surface area contributed by atoms with Crippen LogP contribution in [-0.4, -0.2) is 35.0 Å². The lowest BCUT2D eigenvalue weighted by atomic mass is 10.1. The second-order valence-corrected chi connectivity index (χ2v) is 4.81. The highest BCUT2D eigenvalue weighted by Crippen LogP contribution is 2.21. The normalized spacial score (nSPS) is 18.9. The van der Waals surface area contributed by atoms with Crippen LogP contribution in [0.2, 0.25) is 0 Å². The molecule has 0 spiro atoms. The SMILES string of the molecule is CCNc1nc(C)nc(NC2CCC(=O)NC2)c1C. The smallest absolute Gasteiger partial charge is 0.220 e. The first kappa shape index (κ1) is 13.6. The number of aryl methyl sites for hydroxylation is 1. The molecular formula is C13H21N5O. The Morgan fingerprint density at radius 2 is 2.05 bits per heavy atom. The fourth-order valence-corrected chi connectivity index (χ4v) is 2.16. The number of carbonyl (C=O) groups excluding carboxylic acids is 1. The van der Waals surface area contributed by atoms with Crippen LogP contribution in [0.1, 0.15) is 31.2 Å². The maximum absolute atomic E-state index is 11.1. The summed E-state index contributed by atoms with van der Waals surface area (Å²) < 4.78 is 0. The van der Waals surface area contributed by atoms with Gasteiger partial charge in [0.15, 0.2) is 0 Å². The van der Waals surface area contributed by atoms with Gasteiger partial charge in [-0.25, -0.2) is 9.97 Å². The minimum atomic E-state index is 0.127. The number of nitrogens with zero attached hydrogens (tertiary/aromatic N) is 2. The van der Waals surface area contributed by atoms with E-state index in [4.69, 9.17) is 0 Å². The predicted octanol–water partition coefficient (Wildman–Crippen LogP) is 1.22. The summed E-state index contributed by atoms with van der Waals surface area (Å²) in [6.45, 7) is 7.41. The number of nitrogens with one attached hydrogen (secondary N) is 3. The molecule has 1 fully saturated rings. The number of hydrogen-bond acceptors (Lipinski definition) is 5. The van der Waals surface area contributed by atoms with Crippen LogP contribution in [-0.2, 0) is 4.79 Å². The van der Waals surface area contributed by atoms with Crippen LogP contribution in [0.5, 0.6) is 0 Å². The number of hydrogen-bond donors (Lipinski definition) is 3. The average molecular weight is 263 g/mol. The molecule has 0 aliphatic carbocycles. The molecule has 1 unspecified atom stereocenters. The number of piperidine rings is 1. The second-order valence-electron chi connectivity index (χ2n) is 4.81. The van der Waals surface area contributed by atoms with E-state index < -0.39 is 0 Å². The van der Waals surface area contributed by atoms with Gasteiger partial charge in [0.25, 0.3) is 0 Å². The molecule has 1 aliphatic rings. The summed E-state index contributed by atoms with van der Waals surface area (Å²) in [5.74, 6) is 2.59. The van der Waals surface area contributed by atoms with Gasteiger partial charge in [-0.1, -0.05) is 0 Å². The predicted molar refractivity (Wildman–Crippen MR) is 75.3 cm³/mol. The molecule has 0 saturated carbocycles. The molecule has 19 heavy (non-hydrogen) atoms. The van der Waals surface area contributed by atoms with Gasteiger partial charge in [-0.15, -0.1) is 0 Å². The van der Waals surface area contributed by atoms with Crippen LogP contribution in [0.4, 0.5) is 11.6 Å². The van der Waals surface area contributed by atoms with Crippen molar-refractivity contribution < 1.29 is 4.79 Å². The lowest BCUT2D eigenvalue weighted by Crippen LogP contribution is -2.42. The number of carbonyl (C=O) groups is 1. The summed E-state index contributed by atoms with van der Waals surface area (Å²) >= 11 is 0. The van der Waals surface area contributed by atoms with Crippen molar-refractivity contribution in [3.8, 4) is 0 Å². The molecule has 1 aromatic heterocycles. The minimum absolute atomic E-state index is 0.127. The van der Waals surface area contributed by atoms with Gasteiger partial charge in [0.05, 0.1) is 0 Å². The lowest BCUT2D eigenvalue weighted by Gasteiger charge is -2.25. The molecule has 0 aromatic carbocycles. The van der Waals surface area contributed by atoms with Crippen molar-refractivity contribution in [2.24, 2.45) is 0 Å². The van der Waals surface area contributed by atoms with E-state index in [1.54, 1.807) is 0 Å². The third-order valence-corrected chi connectivity index (χ3v) is 3.21. The Morgan fingerprint density at radius 1 is 1.32 bits per heavy atom. The molecule has 6 nitrogen and oxygen atoms in total. The second kappa shape index (κ2) is 5.86. The maximum Gasteiger partial charge on any atom is 0.220 e. The number of aromatic nitrogens is 2. The molecule has 1 saturated heterocycles. The van der Waals surface area contributed by atoms with Crippen molar-refractivity contribution in [1.82, 2.24) is 15.3 Å². The van der Waals surface area contributed by atoms with Gasteiger partial charge < -0.3 is 16.0 Å². The Hall–Kier alpha value is -1.85. The van der Waals surface area contributed by atoms with Gasteiger partial charge in [-0.05, 0) is 27.2 Å². The highest BCUT2D eigenvalue weighted by Gasteiger charge is 2.19. The van der Waals surface area contributed by atoms with Crippen molar-refractivity contribution in [3.05, 3.63) is 11.4 Å². The first-order valence-electron chi connectivity index (χ1n) is 6.72. The zero-order valence-electron chi connectivity index (χ0n) is 11.7. The Morgan fingerprint density at radius 3 is 2.68 bits per heavy atom. The molecule has 0 bridgehead atoms. The molecule has 0 radical (unpaired) electrons. The molecule has 1 amide bonds.